The predicted octanol–water partition coefficient (Wildman–Crippen LogP) is -1.40. The monoisotopic (exact) mass is 190 g/mol. The summed E-state index contributed by atoms with van der Waals surface area (Å²) in [4.78, 5) is 39.2. The smallest absolute Gasteiger partial charge is 0.387 e. The largest absolute Gasteiger partial charge is 0.481 e. The molecule has 1 aliphatic rings. The molecule has 0 aromatic heterocycles. The van der Waals surface area contributed by atoms with Crippen LogP contribution in [0.25, 0.3) is 0 Å². The highest BCUT2D eigenvalue weighted by molar-refractivity contribution is 5.91. The molecular formula is C6H6O7. The second kappa shape index (κ2) is 3.02. The number of aliphatic carboxylic acids is 1. The summed E-state index contributed by atoms with van der Waals surface area (Å²) < 4.78 is 0. The molecule has 1 unspecified atom stereocenters. The fourth-order valence-corrected chi connectivity index (χ4v) is 0.887. The van der Waals surface area contributed by atoms with E-state index in [9.17, 15) is 19.5 Å². The third kappa shape index (κ3) is 1.94. The van der Waals surface area contributed by atoms with Crippen LogP contribution in [0.4, 0.5) is 0 Å². The molecule has 2 N–H and O–H groups in total. The van der Waals surface area contributed by atoms with E-state index in [-0.39, 0.29) is 0 Å². The molecule has 72 valence electrons. The highest BCUT2D eigenvalue weighted by atomic mass is 17.2. The lowest BCUT2D eigenvalue weighted by Gasteiger charge is -2.25. The van der Waals surface area contributed by atoms with Gasteiger partial charge in [-0.05, 0) is 0 Å². The van der Waals surface area contributed by atoms with E-state index in [4.69, 9.17) is 5.11 Å². The molecule has 13 heavy (non-hydrogen) atoms. The number of hydrogen-bond donors (Lipinski definition) is 2. The van der Waals surface area contributed by atoms with Gasteiger partial charge in [-0.25, -0.2) is 19.4 Å². The Kier molecular flexibility index (Phi) is 2.20. The topological polar surface area (TPSA) is 110 Å². The van der Waals surface area contributed by atoms with E-state index < -0.39 is 36.4 Å². The maximum Gasteiger partial charge on any atom is 0.387 e. The van der Waals surface area contributed by atoms with E-state index in [1.165, 1.54) is 0 Å². The van der Waals surface area contributed by atoms with Crippen LogP contribution in [-0.2, 0) is 24.2 Å². The summed E-state index contributed by atoms with van der Waals surface area (Å²) in [6.45, 7) is 0. The molecule has 0 saturated carbocycles. The first-order chi connectivity index (χ1) is 5.94. The summed E-state index contributed by atoms with van der Waals surface area (Å²) in [5, 5.41) is 17.6. The van der Waals surface area contributed by atoms with Crippen LogP contribution in [-0.4, -0.2) is 33.7 Å². The number of carboxylic acid groups (broad SMARTS) is 1. The molecule has 1 rings (SSSR count). The van der Waals surface area contributed by atoms with Crippen LogP contribution in [0.1, 0.15) is 12.8 Å². The first-order valence-electron chi connectivity index (χ1n) is 3.30. The first kappa shape index (κ1) is 9.46. The number of hydrogen-bond acceptors (Lipinski definition) is 6. The second-order valence-corrected chi connectivity index (χ2v) is 2.61. The van der Waals surface area contributed by atoms with Crippen molar-refractivity contribution >= 4 is 17.9 Å². The maximum absolute atomic E-state index is 10.8. The van der Waals surface area contributed by atoms with Gasteiger partial charge in [0.05, 0.1) is 12.8 Å². The third-order valence-electron chi connectivity index (χ3n) is 1.47. The zero-order chi connectivity index (χ0) is 10.1. The van der Waals surface area contributed by atoms with Gasteiger partial charge in [0.15, 0.2) is 5.60 Å². The molecule has 1 aliphatic heterocycles. The van der Waals surface area contributed by atoms with Gasteiger partial charge in [0.2, 0.25) is 0 Å². The third-order valence-corrected chi connectivity index (χ3v) is 1.47. The van der Waals surface area contributed by atoms with Gasteiger partial charge in [0.25, 0.3) is 0 Å². The van der Waals surface area contributed by atoms with Crippen molar-refractivity contribution in [3.05, 3.63) is 0 Å². The highest BCUT2D eigenvalue weighted by Gasteiger charge is 2.47. The average Bonchev–Trinajstić information content (AvgIpc) is 1.95. The van der Waals surface area contributed by atoms with Gasteiger partial charge in [0.1, 0.15) is 0 Å². The Balaban J connectivity index is 2.78. The lowest BCUT2D eigenvalue weighted by atomic mass is 9.95. The molecule has 0 bridgehead atoms. The lowest BCUT2D eigenvalue weighted by Crippen LogP contribution is -2.48. The quantitative estimate of drug-likeness (QED) is 0.515. The van der Waals surface area contributed by atoms with Crippen LogP contribution in [0.5, 0.6) is 0 Å². The van der Waals surface area contributed by atoms with Crippen molar-refractivity contribution in [3.63, 3.8) is 0 Å². The Morgan fingerprint density at radius 2 is 2.08 bits per heavy atom. The summed E-state index contributed by atoms with van der Waals surface area (Å²) in [6.07, 6.45) is -1.60. The van der Waals surface area contributed by atoms with Crippen molar-refractivity contribution in [2.45, 2.75) is 18.4 Å². The Labute approximate surface area is 71.8 Å². The molecule has 7 heteroatoms. The van der Waals surface area contributed by atoms with E-state index in [0.717, 1.165) is 0 Å². The summed E-state index contributed by atoms with van der Waals surface area (Å²) in [6, 6.07) is 0. The van der Waals surface area contributed by atoms with Crippen LogP contribution in [0, 0.1) is 0 Å². The molecule has 1 atom stereocenters. The number of carbonyl (C=O) groups excluding carboxylic acids is 2. The molecule has 0 aliphatic carbocycles. The van der Waals surface area contributed by atoms with Gasteiger partial charge >= 0.3 is 17.9 Å². The molecule has 0 amide bonds. The van der Waals surface area contributed by atoms with Gasteiger partial charge in [-0.1, -0.05) is 0 Å². The molecule has 0 radical (unpaired) electrons. The van der Waals surface area contributed by atoms with Crippen LogP contribution in [0.2, 0.25) is 0 Å². The zero-order valence-electron chi connectivity index (χ0n) is 6.35. The van der Waals surface area contributed by atoms with Gasteiger partial charge in [-0.3, -0.25) is 4.79 Å². The van der Waals surface area contributed by atoms with Crippen molar-refractivity contribution in [2.75, 3.05) is 0 Å². The van der Waals surface area contributed by atoms with E-state index >= 15 is 0 Å². The van der Waals surface area contributed by atoms with Crippen molar-refractivity contribution in [3.8, 4) is 0 Å². The Morgan fingerprint density at radius 3 is 2.62 bits per heavy atom. The molecule has 7 nitrogen and oxygen atoms in total. The fourth-order valence-electron chi connectivity index (χ4n) is 0.887. The lowest BCUT2D eigenvalue weighted by molar-refractivity contribution is -0.287. The molecular weight excluding hydrogens is 184 g/mol. The second-order valence-electron chi connectivity index (χ2n) is 2.61. The number of carbonyl (C=O) groups is 3. The molecule has 1 heterocycles. The van der Waals surface area contributed by atoms with Gasteiger partial charge in [0, 0.05) is 0 Å². The minimum absolute atomic E-state index is 0.710. The van der Waals surface area contributed by atoms with Crippen molar-refractivity contribution < 1.29 is 34.4 Å². The Bertz CT molecular complexity index is 266. The molecule has 1 fully saturated rings. The Morgan fingerprint density at radius 1 is 1.46 bits per heavy atom. The number of carboxylic acids is 1. The highest BCUT2D eigenvalue weighted by Crippen LogP contribution is 2.22. The average molecular weight is 190 g/mol. The van der Waals surface area contributed by atoms with Crippen LogP contribution < -0.4 is 0 Å². The standard InChI is InChI=1S/C6H6O7/c7-3(8)1-6(11)2-4(9)12-13-5(6)10/h11H,1-2H2,(H,7,8). The summed E-state index contributed by atoms with van der Waals surface area (Å²) in [7, 11) is 0. The Hall–Kier alpha value is -1.63. The van der Waals surface area contributed by atoms with E-state index in [1.807, 2.05) is 0 Å². The van der Waals surface area contributed by atoms with Gasteiger partial charge < -0.3 is 10.2 Å². The van der Waals surface area contributed by atoms with E-state index in [1.54, 1.807) is 0 Å². The minimum atomic E-state index is -2.30. The van der Waals surface area contributed by atoms with Crippen LogP contribution in [0.15, 0.2) is 0 Å². The predicted molar refractivity (Wildman–Crippen MR) is 34.0 cm³/mol. The van der Waals surface area contributed by atoms with Crippen LogP contribution in [0.3, 0.4) is 0 Å². The van der Waals surface area contributed by atoms with Crippen molar-refractivity contribution in [1.82, 2.24) is 0 Å². The molecule has 0 aromatic carbocycles. The minimum Gasteiger partial charge on any atom is -0.481 e. The summed E-state index contributed by atoms with van der Waals surface area (Å²) in [5.74, 6) is -3.66. The SMILES string of the molecule is O=C(O)CC1(O)CC(=O)OOC1=O. The zero-order valence-corrected chi connectivity index (χ0v) is 6.35. The van der Waals surface area contributed by atoms with E-state index in [2.05, 4.69) is 9.78 Å². The van der Waals surface area contributed by atoms with Crippen molar-refractivity contribution in [1.29, 1.82) is 0 Å². The van der Waals surface area contributed by atoms with E-state index in [0.29, 0.717) is 0 Å². The maximum atomic E-state index is 10.8. The molecule has 1 saturated heterocycles. The summed E-state index contributed by atoms with van der Waals surface area (Å²) >= 11 is 0. The van der Waals surface area contributed by atoms with Gasteiger partial charge in [-0.15, -0.1) is 0 Å². The number of rotatable bonds is 2. The normalized spacial score (nSPS) is 27.8. The molecule has 0 aromatic rings. The molecule has 0 spiro atoms. The fraction of sp³-hybridized carbons (Fsp3) is 0.500. The summed E-state index contributed by atoms with van der Waals surface area (Å²) in [5.41, 5.74) is -2.30. The first-order valence-corrected chi connectivity index (χ1v) is 3.30. The van der Waals surface area contributed by atoms with Crippen molar-refractivity contribution in [2.24, 2.45) is 0 Å². The van der Waals surface area contributed by atoms with Gasteiger partial charge in [-0.2, -0.15) is 0 Å². The van der Waals surface area contributed by atoms with Crippen LogP contribution >= 0.6 is 0 Å². The number of aliphatic hydroxyl groups is 1.